The van der Waals surface area contributed by atoms with E-state index in [0.29, 0.717) is 37.4 Å². The molecule has 0 aromatic heterocycles. The number of amides is 2. The molecule has 44 heavy (non-hydrogen) atoms. The highest BCUT2D eigenvalue weighted by Gasteiger charge is 2.28. The number of piperazine rings is 1. The molecule has 0 spiro atoms. The summed E-state index contributed by atoms with van der Waals surface area (Å²) in [6, 6.07) is 24.9. The Kier molecular flexibility index (Phi) is 9.36. The van der Waals surface area contributed by atoms with Crippen LogP contribution in [0.3, 0.4) is 0 Å². The lowest BCUT2D eigenvalue weighted by Crippen LogP contribution is -2.49. The van der Waals surface area contributed by atoms with Crippen LogP contribution in [0.15, 0.2) is 102 Å². The highest BCUT2D eigenvalue weighted by molar-refractivity contribution is 7.89. The van der Waals surface area contributed by atoms with E-state index in [-0.39, 0.29) is 22.9 Å². The number of halogens is 2. The average molecular weight is 619 g/mol. The first-order chi connectivity index (χ1) is 21.1. The smallest absolute Gasteiger partial charge is 0.256 e. The van der Waals surface area contributed by atoms with E-state index in [2.05, 4.69) is 10.2 Å². The Morgan fingerprint density at radius 1 is 0.818 bits per heavy atom. The third-order valence-electron chi connectivity index (χ3n) is 7.44. The lowest BCUT2D eigenvalue weighted by atomic mass is 10.1. The molecule has 0 aliphatic carbocycles. The van der Waals surface area contributed by atoms with Gasteiger partial charge in [-0.2, -0.15) is 4.31 Å². The standard InChI is InChI=1S/C33H32F2N4O4S/c1-24-6-16-29(17-7-24)44(42,43)39(22-25-8-10-26(34)11-9-25)23-32(40)36-27-12-14-28(15-13-27)37-18-20-38(21-19-37)33(41)30-4-2-3-5-31(30)35/h2-17H,18-23H2,1H3,(H,36,40). The van der Waals surface area contributed by atoms with Gasteiger partial charge in [0.2, 0.25) is 15.9 Å². The Balaban J connectivity index is 1.22. The molecule has 1 saturated heterocycles. The van der Waals surface area contributed by atoms with E-state index >= 15 is 0 Å². The van der Waals surface area contributed by atoms with Gasteiger partial charge in [-0.25, -0.2) is 17.2 Å². The van der Waals surface area contributed by atoms with Gasteiger partial charge in [-0.1, -0.05) is 42.0 Å². The summed E-state index contributed by atoms with van der Waals surface area (Å²) in [6.07, 6.45) is 0. The molecular weight excluding hydrogens is 586 g/mol. The lowest BCUT2D eigenvalue weighted by molar-refractivity contribution is -0.116. The third kappa shape index (κ3) is 7.29. The van der Waals surface area contributed by atoms with Gasteiger partial charge < -0.3 is 15.1 Å². The average Bonchev–Trinajstić information content (AvgIpc) is 3.02. The molecule has 1 heterocycles. The number of benzene rings is 4. The number of sulfonamides is 1. The predicted octanol–water partition coefficient (Wildman–Crippen LogP) is 5.07. The van der Waals surface area contributed by atoms with Crippen molar-refractivity contribution in [3.8, 4) is 0 Å². The number of nitrogens with one attached hydrogen (secondary N) is 1. The van der Waals surface area contributed by atoms with Crippen LogP contribution in [0.1, 0.15) is 21.5 Å². The van der Waals surface area contributed by atoms with Crippen molar-refractivity contribution in [1.82, 2.24) is 9.21 Å². The molecule has 4 aromatic rings. The molecule has 0 unspecified atom stereocenters. The maximum atomic E-state index is 14.1. The Hall–Kier alpha value is -4.61. The van der Waals surface area contributed by atoms with Crippen molar-refractivity contribution in [2.24, 2.45) is 0 Å². The van der Waals surface area contributed by atoms with Crippen molar-refractivity contribution >= 4 is 33.2 Å². The zero-order chi connectivity index (χ0) is 31.3. The van der Waals surface area contributed by atoms with E-state index in [1.807, 2.05) is 19.1 Å². The summed E-state index contributed by atoms with van der Waals surface area (Å²) in [5.41, 5.74) is 2.87. The fraction of sp³-hybridized carbons (Fsp3) is 0.212. The van der Waals surface area contributed by atoms with E-state index < -0.39 is 34.1 Å². The number of anilines is 2. The van der Waals surface area contributed by atoms with Crippen LogP contribution in [0.4, 0.5) is 20.2 Å². The fourth-order valence-corrected chi connectivity index (χ4v) is 6.35. The Labute approximate surface area is 255 Å². The van der Waals surface area contributed by atoms with Gasteiger partial charge in [0.05, 0.1) is 17.0 Å². The molecule has 1 aliphatic rings. The number of carbonyl (C=O) groups excluding carboxylic acids is 2. The summed E-state index contributed by atoms with van der Waals surface area (Å²) in [7, 11) is -4.04. The highest BCUT2D eigenvalue weighted by Crippen LogP contribution is 2.22. The zero-order valence-corrected chi connectivity index (χ0v) is 24.9. The number of carbonyl (C=O) groups is 2. The summed E-state index contributed by atoms with van der Waals surface area (Å²) in [5, 5.41) is 2.76. The molecule has 228 valence electrons. The van der Waals surface area contributed by atoms with Crippen LogP contribution in [0.5, 0.6) is 0 Å². The largest absolute Gasteiger partial charge is 0.368 e. The molecular formula is C33H32F2N4O4S. The van der Waals surface area contributed by atoms with Crippen molar-refractivity contribution < 1.29 is 26.8 Å². The molecule has 1 N–H and O–H groups in total. The number of nitrogens with zero attached hydrogens (tertiary/aromatic N) is 3. The van der Waals surface area contributed by atoms with E-state index in [0.717, 1.165) is 15.6 Å². The second-order valence-electron chi connectivity index (χ2n) is 10.6. The summed E-state index contributed by atoms with van der Waals surface area (Å²) in [4.78, 5) is 29.6. The van der Waals surface area contributed by atoms with Crippen molar-refractivity contribution in [2.45, 2.75) is 18.4 Å². The van der Waals surface area contributed by atoms with E-state index in [4.69, 9.17) is 0 Å². The molecule has 4 aromatic carbocycles. The van der Waals surface area contributed by atoms with Gasteiger partial charge in [0, 0.05) is 44.1 Å². The molecule has 0 radical (unpaired) electrons. The molecule has 11 heteroatoms. The monoisotopic (exact) mass is 618 g/mol. The highest BCUT2D eigenvalue weighted by atomic mass is 32.2. The van der Waals surface area contributed by atoms with Crippen LogP contribution in [-0.2, 0) is 21.4 Å². The fourth-order valence-electron chi connectivity index (χ4n) is 4.97. The lowest BCUT2D eigenvalue weighted by Gasteiger charge is -2.36. The predicted molar refractivity (Wildman–Crippen MR) is 165 cm³/mol. The number of hydrogen-bond donors (Lipinski definition) is 1. The van der Waals surface area contributed by atoms with Crippen molar-refractivity contribution in [2.75, 3.05) is 42.9 Å². The zero-order valence-electron chi connectivity index (χ0n) is 24.1. The van der Waals surface area contributed by atoms with E-state index in [1.165, 1.54) is 48.5 Å². The van der Waals surface area contributed by atoms with Gasteiger partial charge in [-0.05, 0) is 73.2 Å². The summed E-state index contributed by atoms with van der Waals surface area (Å²) in [6.45, 7) is 3.26. The minimum Gasteiger partial charge on any atom is -0.368 e. The van der Waals surface area contributed by atoms with Crippen molar-refractivity contribution in [1.29, 1.82) is 0 Å². The van der Waals surface area contributed by atoms with Crippen LogP contribution < -0.4 is 10.2 Å². The Bertz CT molecular complexity index is 1720. The number of hydrogen-bond acceptors (Lipinski definition) is 5. The maximum absolute atomic E-state index is 14.1. The second-order valence-corrected chi connectivity index (χ2v) is 12.5. The van der Waals surface area contributed by atoms with Gasteiger partial charge in [0.1, 0.15) is 11.6 Å². The van der Waals surface area contributed by atoms with Crippen LogP contribution in [-0.4, -0.2) is 62.2 Å². The topological polar surface area (TPSA) is 90.0 Å². The molecule has 0 bridgehead atoms. The molecule has 0 saturated carbocycles. The first-order valence-corrected chi connectivity index (χ1v) is 15.5. The minimum absolute atomic E-state index is 0.0538. The summed E-state index contributed by atoms with van der Waals surface area (Å²) >= 11 is 0. The third-order valence-corrected chi connectivity index (χ3v) is 9.24. The Morgan fingerprint density at radius 3 is 2.09 bits per heavy atom. The summed E-state index contributed by atoms with van der Waals surface area (Å²) in [5.74, 6) is -1.85. The van der Waals surface area contributed by atoms with Crippen molar-refractivity contribution in [3.63, 3.8) is 0 Å². The maximum Gasteiger partial charge on any atom is 0.256 e. The number of rotatable bonds is 9. The second kappa shape index (κ2) is 13.4. The van der Waals surface area contributed by atoms with E-state index in [9.17, 15) is 26.8 Å². The minimum atomic E-state index is -4.04. The molecule has 1 fully saturated rings. The van der Waals surface area contributed by atoms with Gasteiger partial charge in [0.15, 0.2) is 0 Å². The molecule has 2 amide bonds. The van der Waals surface area contributed by atoms with Crippen LogP contribution in [0, 0.1) is 18.6 Å². The van der Waals surface area contributed by atoms with Gasteiger partial charge in [0.25, 0.3) is 5.91 Å². The van der Waals surface area contributed by atoms with Crippen LogP contribution >= 0.6 is 0 Å². The SMILES string of the molecule is Cc1ccc(S(=O)(=O)N(CC(=O)Nc2ccc(N3CCN(C(=O)c4ccccc4F)CC3)cc2)Cc2ccc(F)cc2)cc1. The van der Waals surface area contributed by atoms with Crippen molar-refractivity contribution in [3.05, 3.63) is 125 Å². The van der Waals surface area contributed by atoms with Gasteiger partial charge in [-0.3, -0.25) is 9.59 Å². The molecule has 8 nitrogen and oxygen atoms in total. The molecule has 0 atom stereocenters. The molecule has 5 rings (SSSR count). The quantitative estimate of drug-likeness (QED) is 0.283. The number of aryl methyl sites for hydroxylation is 1. The molecule has 1 aliphatic heterocycles. The van der Waals surface area contributed by atoms with Crippen LogP contribution in [0.25, 0.3) is 0 Å². The first kappa shape index (κ1) is 30.8. The van der Waals surface area contributed by atoms with Crippen LogP contribution in [0.2, 0.25) is 0 Å². The first-order valence-electron chi connectivity index (χ1n) is 14.1. The van der Waals surface area contributed by atoms with Gasteiger partial charge >= 0.3 is 0 Å². The van der Waals surface area contributed by atoms with Gasteiger partial charge in [-0.15, -0.1) is 0 Å². The Morgan fingerprint density at radius 2 is 1.45 bits per heavy atom. The van der Waals surface area contributed by atoms with E-state index in [1.54, 1.807) is 41.3 Å². The normalized spacial score (nSPS) is 13.6. The summed E-state index contributed by atoms with van der Waals surface area (Å²) < 4.78 is 55.6.